The predicted molar refractivity (Wildman–Crippen MR) is 43.8 cm³/mol. The minimum absolute atomic E-state index is 0. The van der Waals surface area contributed by atoms with Crippen molar-refractivity contribution in [3.05, 3.63) is 0 Å². The van der Waals surface area contributed by atoms with E-state index in [2.05, 4.69) is 0 Å². The second kappa shape index (κ2) is 18.2. The molecule has 0 saturated heterocycles. The molecule has 0 aliphatic carbocycles. The third kappa shape index (κ3) is 36.0. The van der Waals surface area contributed by atoms with Crippen LogP contribution < -0.4 is 113 Å². The van der Waals surface area contributed by atoms with Gasteiger partial charge in [0.25, 0.3) is 0 Å². The average Bonchev–Trinajstić information content (AvgIpc) is 2.12. The van der Waals surface area contributed by atoms with Crippen LogP contribution in [0.5, 0.6) is 0 Å². The second-order valence-corrected chi connectivity index (χ2v) is 2.53. The van der Waals surface area contributed by atoms with Crippen molar-refractivity contribution in [2.24, 2.45) is 0 Å². The predicted octanol–water partition coefficient (Wildman–Crippen LogP) is -8.79. The van der Waals surface area contributed by atoms with Crippen LogP contribution in [0.15, 0.2) is 0 Å². The number of carbonyl (C=O) groups is 4. The van der Waals surface area contributed by atoms with Crippen molar-refractivity contribution < 1.29 is 142 Å². The molecule has 18 heavy (non-hydrogen) atoms. The summed E-state index contributed by atoms with van der Waals surface area (Å²) >= 11 is 0. The Kier molecular flexibility index (Phi) is 27.7. The first-order chi connectivity index (χ1) is 7.25. The van der Waals surface area contributed by atoms with Gasteiger partial charge in [-0.15, -0.1) is 0 Å². The van der Waals surface area contributed by atoms with Crippen LogP contribution in [0.3, 0.4) is 0 Å². The SMILES string of the molecule is O=C(O)CCC(=O)O.O=C([O-])CCC(=O)[O-].[K+].[K+]. The fourth-order valence-corrected chi connectivity index (χ4v) is 0.418. The molecule has 0 spiro atoms. The Balaban J connectivity index is -0.0000000980. The van der Waals surface area contributed by atoms with Crippen LogP contribution in [0.4, 0.5) is 0 Å². The Morgan fingerprint density at radius 3 is 1.00 bits per heavy atom. The largest absolute Gasteiger partial charge is 1.00 e. The van der Waals surface area contributed by atoms with Gasteiger partial charge >= 0.3 is 115 Å². The van der Waals surface area contributed by atoms with Crippen molar-refractivity contribution in [3.8, 4) is 0 Å². The Morgan fingerprint density at radius 1 is 0.667 bits per heavy atom. The fraction of sp³-hybridized carbons (Fsp3) is 0.500. The molecular formula is C8H10K2O8. The van der Waals surface area contributed by atoms with E-state index < -0.39 is 36.7 Å². The molecule has 2 N–H and O–H groups in total. The van der Waals surface area contributed by atoms with Gasteiger partial charge in [0.15, 0.2) is 0 Å². The number of hydrogen-bond acceptors (Lipinski definition) is 6. The summed E-state index contributed by atoms with van der Waals surface area (Å²) < 4.78 is 0. The number of rotatable bonds is 6. The van der Waals surface area contributed by atoms with Gasteiger partial charge in [0.1, 0.15) is 0 Å². The van der Waals surface area contributed by atoms with Crippen LogP contribution in [-0.2, 0) is 19.2 Å². The van der Waals surface area contributed by atoms with E-state index in [1.54, 1.807) is 0 Å². The molecule has 8 nitrogen and oxygen atoms in total. The monoisotopic (exact) mass is 312 g/mol. The summed E-state index contributed by atoms with van der Waals surface area (Å²) in [4.78, 5) is 38.3. The molecule has 0 bridgehead atoms. The minimum atomic E-state index is -1.37. The average molecular weight is 312 g/mol. The molecule has 0 heterocycles. The van der Waals surface area contributed by atoms with E-state index in [0.717, 1.165) is 0 Å². The normalized spacial score (nSPS) is 7.56. The number of carbonyl (C=O) groups excluding carboxylic acids is 2. The van der Waals surface area contributed by atoms with Crippen LogP contribution in [0.2, 0.25) is 0 Å². The molecule has 0 rings (SSSR count). The zero-order valence-corrected chi connectivity index (χ0v) is 16.4. The molecule has 10 heteroatoms. The standard InChI is InChI=1S/2C4H6O4.2K/c2*5-3(6)1-2-4(7)8;;/h2*1-2H2,(H,5,6)(H,7,8);;/q;;2*+1/p-2. The molecule has 0 aromatic heterocycles. The molecule has 92 valence electrons. The van der Waals surface area contributed by atoms with Crippen LogP contribution in [0, 0.1) is 0 Å². The first-order valence-corrected chi connectivity index (χ1v) is 4.09. The number of hydrogen-bond donors (Lipinski definition) is 2. The molecule has 0 aliphatic rings. The summed E-state index contributed by atoms with van der Waals surface area (Å²) in [6.45, 7) is 0. The zero-order valence-electron chi connectivity index (χ0n) is 10.2. The van der Waals surface area contributed by atoms with Crippen LogP contribution in [0.25, 0.3) is 0 Å². The first-order valence-electron chi connectivity index (χ1n) is 4.09. The zero-order chi connectivity index (χ0) is 13.1. The topological polar surface area (TPSA) is 155 Å². The van der Waals surface area contributed by atoms with Crippen molar-refractivity contribution in [2.45, 2.75) is 25.7 Å². The maximum absolute atomic E-state index is 9.64. The third-order valence-corrected chi connectivity index (χ3v) is 1.09. The number of carboxylic acids is 4. The van der Waals surface area contributed by atoms with Gasteiger partial charge in [-0.25, -0.2) is 0 Å². The maximum atomic E-state index is 9.64. The van der Waals surface area contributed by atoms with E-state index in [0.29, 0.717) is 0 Å². The molecule has 0 aromatic rings. The Morgan fingerprint density at radius 2 is 0.889 bits per heavy atom. The molecule has 0 aliphatic heterocycles. The molecule has 0 amide bonds. The minimum Gasteiger partial charge on any atom is -0.550 e. The van der Waals surface area contributed by atoms with Crippen molar-refractivity contribution in [1.29, 1.82) is 0 Å². The summed E-state index contributed by atoms with van der Waals surface area (Å²) in [6, 6.07) is 0. The quantitative estimate of drug-likeness (QED) is 0.458. The van der Waals surface area contributed by atoms with E-state index >= 15 is 0 Å². The molecule has 0 unspecified atom stereocenters. The van der Waals surface area contributed by atoms with Crippen molar-refractivity contribution in [2.75, 3.05) is 0 Å². The Hall–Kier alpha value is 1.15. The van der Waals surface area contributed by atoms with Gasteiger partial charge in [0.2, 0.25) is 0 Å². The molecule has 0 radical (unpaired) electrons. The van der Waals surface area contributed by atoms with E-state index in [1.807, 2.05) is 0 Å². The third-order valence-electron chi connectivity index (χ3n) is 1.09. The summed E-state index contributed by atoms with van der Waals surface area (Å²) in [6.07, 6.45) is -1.53. The molecule has 0 saturated carbocycles. The molecule has 0 aromatic carbocycles. The summed E-state index contributed by atoms with van der Waals surface area (Å²) in [5.41, 5.74) is 0. The van der Waals surface area contributed by atoms with Gasteiger partial charge in [-0.05, 0) is 12.8 Å². The Labute approximate surface area is 188 Å². The van der Waals surface area contributed by atoms with Gasteiger partial charge in [-0.1, -0.05) is 0 Å². The fourth-order valence-electron chi connectivity index (χ4n) is 0.418. The van der Waals surface area contributed by atoms with E-state index in [4.69, 9.17) is 10.2 Å². The van der Waals surface area contributed by atoms with E-state index in [-0.39, 0.29) is 116 Å². The van der Waals surface area contributed by atoms with E-state index in [1.165, 1.54) is 0 Å². The van der Waals surface area contributed by atoms with E-state index in [9.17, 15) is 29.4 Å². The van der Waals surface area contributed by atoms with Gasteiger partial charge in [-0.2, -0.15) is 0 Å². The molecule has 0 fully saturated rings. The van der Waals surface area contributed by atoms with Crippen LogP contribution in [-0.4, -0.2) is 34.1 Å². The summed E-state index contributed by atoms with van der Waals surface area (Å²) in [5.74, 6) is -4.89. The summed E-state index contributed by atoms with van der Waals surface area (Å²) in [5, 5.41) is 34.8. The van der Waals surface area contributed by atoms with Crippen LogP contribution in [0.1, 0.15) is 25.7 Å². The van der Waals surface area contributed by atoms with Crippen molar-refractivity contribution >= 4 is 23.9 Å². The smallest absolute Gasteiger partial charge is 0.550 e. The van der Waals surface area contributed by atoms with Gasteiger partial charge < -0.3 is 30.0 Å². The van der Waals surface area contributed by atoms with Crippen molar-refractivity contribution in [3.63, 3.8) is 0 Å². The molecular weight excluding hydrogens is 302 g/mol. The first kappa shape index (κ1) is 27.5. The number of aliphatic carboxylic acids is 4. The number of carboxylic acid groups (broad SMARTS) is 4. The molecule has 0 atom stereocenters. The Bertz CT molecular complexity index is 222. The summed E-state index contributed by atoms with van der Waals surface area (Å²) in [7, 11) is 0. The van der Waals surface area contributed by atoms with Crippen molar-refractivity contribution in [1.82, 2.24) is 0 Å². The second-order valence-electron chi connectivity index (χ2n) is 2.53. The maximum Gasteiger partial charge on any atom is 1.00 e. The van der Waals surface area contributed by atoms with Gasteiger partial charge in [0, 0.05) is 11.9 Å². The van der Waals surface area contributed by atoms with Gasteiger partial charge in [-0.3, -0.25) is 9.59 Å². The van der Waals surface area contributed by atoms with Gasteiger partial charge in [0.05, 0.1) is 12.8 Å². The van der Waals surface area contributed by atoms with Crippen LogP contribution >= 0.6 is 0 Å².